The monoisotopic (exact) mass is 260 g/mol. The van der Waals surface area contributed by atoms with E-state index in [1.54, 1.807) is 7.11 Å². The molecule has 1 rings (SSSR count). The largest absolute Gasteiger partial charge is 0.389 e. The molecule has 1 heterocycles. The number of amides is 1. The third kappa shape index (κ3) is 5.30. The predicted octanol–water partition coefficient (Wildman–Crippen LogP) is -0.827. The lowest BCUT2D eigenvalue weighted by Gasteiger charge is -2.32. The third-order valence-corrected chi connectivity index (χ3v) is 2.88. The van der Waals surface area contributed by atoms with Crippen LogP contribution in [-0.4, -0.2) is 86.6 Å². The summed E-state index contributed by atoms with van der Waals surface area (Å²) in [7, 11) is 3.37. The molecule has 0 radical (unpaired) electrons. The van der Waals surface area contributed by atoms with E-state index in [0.717, 1.165) is 0 Å². The van der Waals surface area contributed by atoms with E-state index in [-0.39, 0.29) is 18.6 Å². The van der Waals surface area contributed by atoms with Crippen molar-refractivity contribution in [3.63, 3.8) is 0 Å². The highest BCUT2D eigenvalue weighted by molar-refractivity contribution is 5.78. The summed E-state index contributed by atoms with van der Waals surface area (Å²) in [5.41, 5.74) is 0. The molecule has 18 heavy (non-hydrogen) atoms. The minimum Gasteiger partial charge on any atom is -0.389 e. The number of carbonyl (C=O) groups is 1. The van der Waals surface area contributed by atoms with Gasteiger partial charge in [0.25, 0.3) is 0 Å². The number of aliphatic hydroxyl groups excluding tert-OH is 1. The van der Waals surface area contributed by atoms with Gasteiger partial charge >= 0.3 is 0 Å². The summed E-state index contributed by atoms with van der Waals surface area (Å²) in [6, 6.07) is 0. The van der Waals surface area contributed by atoms with Crippen molar-refractivity contribution in [2.45, 2.75) is 19.1 Å². The lowest BCUT2D eigenvalue weighted by molar-refractivity contribution is -0.139. The maximum atomic E-state index is 12.0. The van der Waals surface area contributed by atoms with Gasteiger partial charge in [-0.1, -0.05) is 0 Å². The number of hydrogen-bond acceptors (Lipinski definition) is 5. The fourth-order valence-electron chi connectivity index (χ4n) is 2.05. The summed E-state index contributed by atoms with van der Waals surface area (Å²) >= 11 is 0. The molecule has 0 saturated carbocycles. The van der Waals surface area contributed by atoms with Crippen molar-refractivity contribution in [3.8, 4) is 0 Å². The summed E-state index contributed by atoms with van der Waals surface area (Å²) in [6.45, 7) is 4.89. The minimum absolute atomic E-state index is 0.0808. The Hall–Kier alpha value is -0.690. The standard InChI is InChI=1S/C12H24N2O4/c1-10-6-14(4-5-18-10)12(16)8-13(2)7-11(15)9-17-3/h10-11,15H,4-9H2,1-3H3. The molecule has 1 aliphatic rings. The second-order valence-corrected chi connectivity index (χ2v) is 4.83. The maximum absolute atomic E-state index is 12.0. The van der Waals surface area contributed by atoms with Crippen LogP contribution in [0.2, 0.25) is 0 Å². The SMILES string of the molecule is COCC(O)CN(C)CC(=O)N1CCOC(C)C1. The Morgan fingerprint density at radius 3 is 3.00 bits per heavy atom. The number of ether oxygens (including phenoxy) is 2. The highest BCUT2D eigenvalue weighted by Crippen LogP contribution is 2.05. The van der Waals surface area contributed by atoms with Gasteiger partial charge in [0.2, 0.25) is 5.91 Å². The van der Waals surface area contributed by atoms with Gasteiger partial charge in [-0.2, -0.15) is 0 Å². The first-order valence-corrected chi connectivity index (χ1v) is 6.28. The van der Waals surface area contributed by atoms with Crippen LogP contribution in [0.3, 0.4) is 0 Å². The number of morpholine rings is 1. The van der Waals surface area contributed by atoms with E-state index in [1.165, 1.54) is 0 Å². The summed E-state index contributed by atoms with van der Waals surface area (Å²) in [5.74, 6) is 0.0808. The van der Waals surface area contributed by atoms with Gasteiger partial charge in [0, 0.05) is 26.7 Å². The van der Waals surface area contributed by atoms with Gasteiger partial charge in [-0.25, -0.2) is 0 Å². The quantitative estimate of drug-likeness (QED) is 0.675. The molecular weight excluding hydrogens is 236 g/mol. The molecular formula is C12H24N2O4. The molecule has 6 nitrogen and oxygen atoms in total. The summed E-state index contributed by atoms with van der Waals surface area (Å²) in [4.78, 5) is 15.6. The molecule has 106 valence electrons. The number of hydrogen-bond donors (Lipinski definition) is 1. The van der Waals surface area contributed by atoms with Gasteiger partial charge in [-0.05, 0) is 14.0 Å². The van der Waals surface area contributed by atoms with Crippen LogP contribution in [0.4, 0.5) is 0 Å². The Kier molecular flexibility index (Phi) is 6.56. The lowest BCUT2D eigenvalue weighted by Crippen LogP contribution is -2.48. The molecule has 1 fully saturated rings. The van der Waals surface area contributed by atoms with Gasteiger partial charge in [0.1, 0.15) is 0 Å². The maximum Gasteiger partial charge on any atom is 0.236 e. The topological polar surface area (TPSA) is 62.2 Å². The second kappa shape index (κ2) is 7.68. The van der Waals surface area contributed by atoms with Crippen LogP contribution in [0.15, 0.2) is 0 Å². The number of nitrogens with zero attached hydrogens (tertiary/aromatic N) is 2. The van der Waals surface area contributed by atoms with Crippen molar-refractivity contribution in [2.75, 3.05) is 53.6 Å². The van der Waals surface area contributed by atoms with Crippen molar-refractivity contribution in [1.82, 2.24) is 9.80 Å². The number of rotatable bonds is 6. The lowest BCUT2D eigenvalue weighted by atomic mass is 10.3. The van der Waals surface area contributed by atoms with Crippen LogP contribution < -0.4 is 0 Å². The molecule has 1 amide bonds. The van der Waals surface area contributed by atoms with Crippen molar-refractivity contribution < 1.29 is 19.4 Å². The third-order valence-electron chi connectivity index (χ3n) is 2.88. The first kappa shape index (κ1) is 15.4. The van der Waals surface area contributed by atoms with E-state index in [2.05, 4.69) is 0 Å². The zero-order valence-corrected chi connectivity index (χ0v) is 11.5. The molecule has 1 aliphatic heterocycles. The smallest absolute Gasteiger partial charge is 0.236 e. The fraction of sp³-hybridized carbons (Fsp3) is 0.917. The first-order chi connectivity index (χ1) is 8.52. The average Bonchev–Trinajstić information content (AvgIpc) is 2.28. The molecule has 0 bridgehead atoms. The number of carbonyl (C=O) groups excluding carboxylic acids is 1. The van der Waals surface area contributed by atoms with E-state index in [9.17, 15) is 9.90 Å². The highest BCUT2D eigenvalue weighted by atomic mass is 16.5. The van der Waals surface area contributed by atoms with Crippen LogP contribution in [0.1, 0.15) is 6.92 Å². The van der Waals surface area contributed by atoms with Crippen LogP contribution >= 0.6 is 0 Å². The number of likely N-dealkylation sites (N-methyl/N-ethyl adjacent to an activating group) is 1. The van der Waals surface area contributed by atoms with Gasteiger partial charge in [-0.3, -0.25) is 9.69 Å². The van der Waals surface area contributed by atoms with Gasteiger partial charge < -0.3 is 19.5 Å². The molecule has 1 N–H and O–H groups in total. The van der Waals surface area contributed by atoms with Crippen molar-refractivity contribution in [1.29, 1.82) is 0 Å². The van der Waals surface area contributed by atoms with Crippen LogP contribution in [0.25, 0.3) is 0 Å². The van der Waals surface area contributed by atoms with Crippen molar-refractivity contribution in [3.05, 3.63) is 0 Å². The Balaban J connectivity index is 2.30. The Morgan fingerprint density at radius 1 is 1.67 bits per heavy atom. The molecule has 2 unspecified atom stereocenters. The van der Waals surface area contributed by atoms with E-state index in [1.807, 2.05) is 23.8 Å². The zero-order valence-electron chi connectivity index (χ0n) is 11.5. The van der Waals surface area contributed by atoms with Gasteiger partial charge in [-0.15, -0.1) is 0 Å². The fourth-order valence-corrected chi connectivity index (χ4v) is 2.05. The number of aliphatic hydroxyl groups is 1. The summed E-state index contributed by atoms with van der Waals surface area (Å²) in [5, 5.41) is 9.57. The highest BCUT2D eigenvalue weighted by Gasteiger charge is 2.22. The Morgan fingerprint density at radius 2 is 2.39 bits per heavy atom. The second-order valence-electron chi connectivity index (χ2n) is 4.83. The van der Waals surface area contributed by atoms with E-state index < -0.39 is 6.10 Å². The van der Waals surface area contributed by atoms with Crippen molar-refractivity contribution >= 4 is 5.91 Å². The molecule has 0 spiro atoms. The van der Waals surface area contributed by atoms with E-state index >= 15 is 0 Å². The normalized spacial score (nSPS) is 22.3. The molecule has 0 aromatic heterocycles. The molecule has 0 aliphatic carbocycles. The van der Waals surface area contributed by atoms with Gasteiger partial charge in [0.15, 0.2) is 0 Å². The zero-order chi connectivity index (χ0) is 13.5. The molecule has 0 aromatic rings. The molecule has 1 saturated heterocycles. The van der Waals surface area contributed by atoms with Crippen LogP contribution in [-0.2, 0) is 14.3 Å². The Labute approximate surface area is 108 Å². The minimum atomic E-state index is -0.559. The predicted molar refractivity (Wildman–Crippen MR) is 67.4 cm³/mol. The number of methoxy groups -OCH3 is 1. The summed E-state index contributed by atoms with van der Waals surface area (Å²) < 4.78 is 10.2. The van der Waals surface area contributed by atoms with Crippen molar-refractivity contribution in [2.24, 2.45) is 0 Å². The van der Waals surface area contributed by atoms with E-state index in [4.69, 9.17) is 9.47 Å². The Bertz CT molecular complexity index is 262. The van der Waals surface area contributed by atoms with E-state index in [0.29, 0.717) is 32.8 Å². The van der Waals surface area contributed by atoms with Crippen LogP contribution in [0.5, 0.6) is 0 Å². The first-order valence-electron chi connectivity index (χ1n) is 6.28. The molecule has 2 atom stereocenters. The molecule has 6 heteroatoms. The molecule has 0 aromatic carbocycles. The van der Waals surface area contributed by atoms with Crippen LogP contribution in [0, 0.1) is 0 Å². The summed E-state index contributed by atoms with van der Waals surface area (Å²) in [6.07, 6.45) is -0.455. The van der Waals surface area contributed by atoms with Gasteiger partial charge in [0.05, 0.1) is 32.0 Å². The average molecular weight is 260 g/mol.